The second-order valence-electron chi connectivity index (χ2n) is 6.91. The Kier molecular flexibility index (Phi) is 5.71. The fraction of sp³-hybridized carbons (Fsp3) is 0.333. The molecule has 8 heteroatoms. The molecule has 0 bridgehead atoms. The summed E-state index contributed by atoms with van der Waals surface area (Å²) < 4.78 is 5.53. The smallest absolute Gasteiger partial charge is 0.261 e. The number of piperidine rings is 1. The van der Waals surface area contributed by atoms with E-state index in [4.69, 9.17) is 4.74 Å². The molecule has 0 radical (unpaired) electrons. The molecule has 0 unspecified atom stereocenters. The minimum absolute atomic E-state index is 0.00511. The lowest BCUT2D eigenvalue weighted by Gasteiger charge is -2.32. The van der Waals surface area contributed by atoms with Gasteiger partial charge in [-0.2, -0.15) is 0 Å². The summed E-state index contributed by atoms with van der Waals surface area (Å²) in [5.41, 5.74) is 1.07. The van der Waals surface area contributed by atoms with Crippen molar-refractivity contribution in [2.75, 3.05) is 26.7 Å². The number of hydrogen-bond acceptors (Lipinski definition) is 6. The van der Waals surface area contributed by atoms with Crippen LogP contribution in [0.1, 0.15) is 34.0 Å². The van der Waals surface area contributed by atoms with E-state index in [0.29, 0.717) is 18.8 Å². The predicted octanol–water partition coefficient (Wildman–Crippen LogP) is 2.84. The first-order valence-electron chi connectivity index (χ1n) is 9.57. The molecule has 4 rings (SSSR count). The van der Waals surface area contributed by atoms with E-state index in [-0.39, 0.29) is 24.3 Å². The third kappa shape index (κ3) is 4.07. The second kappa shape index (κ2) is 8.57. The summed E-state index contributed by atoms with van der Waals surface area (Å²) in [5.74, 6) is 0.703. The quantitative estimate of drug-likeness (QED) is 0.699. The van der Waals surface area contributed by atoms with Crippen LogP contribution in [0.2, 0.25) is 0 Å². The number of amides is 2. The summed E-state index contributed by atoms with van der Waals surface area (Å²) >= 11 is 1.43. The number of aromatic nitrogens is 2. The number of hydrogen-bond donors (Lipinski definition) is 1. The lowest BCUT2D eigenvalue weighted by atomic mass is 9.87. The highest BCUT2D eigenvalue weighted by Gasteiger charge is 2.29. The van der Waals surface area contributed by atoms with Gasteiger partial charge in [0.2, 0.25) is 0 Å². The van der Waals surface area contributed by atoms with Crippen LogP contribution in [0.5, 0.6) is 5.75 Å². The van der Waals surface area contributed by atoms with Crippen molar-refractivity contribution in [2.45, 2.75) is 18.8 Å². The molecule has 0 atom stereocenters. The number of carbonyl (C=O) groups excluding carboxylic acids is 2. The van der Waals surface area contributed by atoms with Crippen LogP contribution < -0.4 is 10.1 Å². The number of nitrogens with one attached hydrogen (secondary N) is 1. The number of fused-ring (bicyclic) bond motifs is 1. The maximum Gasteiger partial charge on any atom is 0.261 e. The van der Waals surface area contributed by atoms with Crippen LogP contribution in [0.4, 0.5) is 0 Å². The Morgan fingerprint density at radius 1 is 1.24 bits per heavy atom. The summed E-state index contributed by atoms with van der Waals surface area (Å²) in [4.78, 5) is 36.8. The summed E-state index contributed by atoms with van der Waals surface area (Å²) in [6, 6.07) is 7.48. The van der Waals surface area contributed by atoms with Crippen molar-refractivity contribution in [3.63, 3.8) is 0 Å². The molecule has 7 nitrogen and oxygen atoms in total. The van der Waals surface area contributed by atoms with Gasteiger partial charge in [-0.15, -0.1) is 11.3 Å². The van der Waals surface area contributed by atoms with E-state index >= 15 is 0 Å². The van der Waals surface area contributed by atoms with Gasteiger partial charge in [-0.05, 0) is 42.5 Å². The minimum atomic E-state index is -0.0774. The monoisotopic (exact) mass is 410 g/mol. The van der Waals surface area contributed by atoms with E-state index in [9.17, 15) is 9.59 Å². The lowest BCUT2D eigenvalue weighted by Crippen LogP contribution is -2.40. The molecule has 1 aliphatic rings. The lowest BCUT2D eigenvalue weighted by molar-refractivity contribution is -0.134. The molecule has 29 heavy (non-hydrogen) atoms. The van der Waals surface area contributed by atoms with Crippen LogP contribution in [-0.2, 0) is 4.79 Å². The van der Waals surface area contributed by atoms with Crippen LogP contribution >= 0.6 is 11.3 Å². The van der Waals surface area contributed by atoms with Crippen LogP contribution in [0.25, 0.3) is 10.2 Å². The summed E-state index contributed by atoms with van der Waals surface area (Å²) in [7, 11) is 1.65. The minimum Gasteiger partial charge on any atom is -0.482 e. The van der Waals surface area contributed by atoms with E-state index in [0.717, 1.165) is 33.5 Å². The van der Waals surface area contributed by atoms with Gasteiger partial charge in [0.25, 0.3) is 11.8 Å². The number of likely N-dealkylation sites (tertiary alicyclic amines) is 1. The van der Waals surface area contributed by atoms with Crippen molar-refractivity contribution in [3.8, 4) is 5.75 Å². The summed E-state index contributed by atoms with van der Waals surface area (Å²) in [6.45, 7) is 1.29. The molecule has 3 aromatic heterocycles. The predicted molar refractivity (Wildman–Crippen MR) is 111 cm³/mol. The van der Waals surface area contributed by atoms with Crippen LogP contribution in [0.15, 0.2) is 42.9 Å². The molecular weight excluding hydrogens is 388 g/mol. The Morgan fingerprint density at radius 3 is 2.76 bits per heavy atom. The van der Waals surface area contributed by atoms with Gasteiger partial charge in [0.15, 0.2) is 6.61 Å². The van der Waals surface area contributed by atoms with Crippen molar-refractivity contribution < 1.29 is 14.3 Å². The molecule has 1 N–H and O–H groups in total. The number of pyridine rings is 2. The molecule has 1 saturated heterocycles. The highest BCUT2D eigenvalue weighted by molar-refractivity contribution is 7.20. The molecular formula is C21H22N4O3S. The number of thiophene rings is 1. The van der Waals surface area contributed by atoms with Crippen molar-refractivity contribution in [3.05, 3.63) is 53.3 Å². The van der Waals surface area contributed by atoms with Gasteiger partial charge in [0.1, 0.15) is 10.6 Å². The Hall–Kier alpha value is -3.00. The van der Waals surface area contributed by atoms with Crippen LogP contribution in [0, 0.1) is 0 Å². The molecule has 1 aliphatic heterocycles. The Labute approximate surface area is 172 Å². The molecule has 4 heterocycles. The van der Waals surface area contributed by atoms with Gasteiger partial charge >= 0.3 is 0 Å². The number of ether oxygens (including phenoxy) is 1. The Balaban J connectivity index is 1.44. The first-order valence-corrected chi connectivity index (χ1v) is 10.4. The van der Waals surface area contributed by atoms with Crippen molar-refractivity contribution in [1.29, 1.82) is 0 Å². The normalized spacial score (nSPS) is 14.7. The third-order valence-electron chi connectivity index (χ3n) is 5.19. The number of rotatable bonds is 5. The molecule has 0 aromatic carbocycles. The van der Waals surface area contributed by atoms with Gasteiger partial charge in [-0.1, -0.05) is 6.07 Å². The van der Waals surface area contributed by atoms with Crippen molar-refractivity contribution in [2.24, 2.45) is 0 Å². The fourth-order valence-electron chi connectivity index (χ4n) is 3.72. The zero-order valence-corrected chi connectivity index (χ0v) is 16.9. The molecule has 3 aromatic rings. The maximum atomic E-state index is 12.5. The molecule has 0 spiro atoms. The zero-order valence-electron chi connectivity index (χ0n) is 16.1. The van der Waals surface area contributed by atoms with Gasteiger partial charge in [-0.25, -0.2) is 4.98 Å². The molecule has 150 valence electrons. The number of nitrogens with zero attached hydrogens (tertiary/aromatic N) is 3. The van der Waals surface area contributed by atoms with Gasteiger partial charge < -0.3 is 15.0 Å². The van der Waals surface area contributed by atoms with E-state index < -0.39 is 0 Å². The van der Waals surface area contributed by atoms with E-state index in [1.165, 1.54) is 11.3 Å². The van der Waals surface area contributed by atoms with E-state index in [2.05, 4.69) is 15.3 Å². The van der Waals surface area contributed by atoms with Crippen molar-refractivity contribution in [1.82, 2.24) is 20.2 Å². The van der Waals surface area contributed by atoms with Crippen LogP contribution in [-0.4, -0.2) is 53.4 Å². The third-order valence-corrected chi connectivity index (χ3v) is 6.32. The van der Waals surface area contributed by atoms with E-state index in [1.54, 1.807) is 37.8 Å². The van der Waals surface area contributed by atoms with Crippen molar-refractivity contribution >= 4 is 33.4 Å². The topological polar surface area (TPSA) is 84.4 Å². The summed E-state index contributed by atoms with van der Waals surface area (Å²) in [5, 5.41) is 3.78. The first-order chi connectivity index (χ1) is 14.2. The first kappa shape index (κ1) is 19.3. The largest absolute Gasteiger partial charge is 0.482 e. The molecule has 0 aliphatic carbocycles. The van der Waals surface area contributed by atoms with Gasteiger partial charge in [0, 0.05) is 37.9 Å². The molecule has 1 fully saturated rings. The fourth-order valence-corrected chi connectivity index (χ4v) is 4.90. The average molecular weight is 410 g/mol. The Bertz CT molecular complexity index is 1010. The maximum absolute atomic E-state index is 12.5. The average Bonchev–Trinajstić information content (AvgIpc) is 3.17. The second-order valence-corrected chi connectivity index (χ2v) is 7.91. The summed E-state index contributed by atoms with van der Waals surface area (Å²) in [6.07, 6.45) is 6.62. The SMILES string of the molecule is CNC(=O)c1sc2ncccc2c1C1CCN(C(=O)COc2cccnc2)CC1. The van der Waals surface area contributed by atoms with Gasteiger partial charge in [-0.3, -0.25) is 14.6 Å². The highest BCUT2D eigenvalue weighted by Crippen LogP contribution is 2.39. The van der Waals surface area contributed by atoms with Gasteiger partial charge in [0.05, 0.1) is 11.1 Å². The molecule has 0 saturated carbocycles. The zero-order chi connectivity index (χ0) is 20.2. The Morgan fingerprint density at radius 2 is 2.03 bits per heavy atom. The highest BCUT2D eigenvalue weighted by atomic mass is 32.1. The standard InChI is InChI=1S/C21H22N4O3S/c1-22-20(27)19-18(16-5-3-9-24-21(16)29-19)14-6-10-25(11-7-14)17(26)13-28-15-4-2-8-23-12-15/h2-5,8-9,12,14H,6-7,10-11,13H2,1H3,(H,22,27). The van der Waals surface area contributed by atoms with Crippen LogP contribution in [0.3, 0.4) is 0 Å². The molecule has 2 amide bonds. The number of carbonyl (C=O) groups is 2. The van der Waals surface area contributed by atoms with E-state index in [1.807, 2.05) is 17.0 Å².